The van der Waals surface area contributed by atoms with Crippen LogP contribution in [0.15, 0.2) is 91.0 Å². The Bertz CT molecular complexity index is 1640. The fraction of sp³-hybridized carbons (Fsp3) is 0.294. The van der Waals surface area contributed by atoms with Crippen LogP contribution in [0.3, 0.4) is 0 Å². The maximum atomic E-state index is 13.5. The molecule has 0 radical (unpaired) electrons. The second kappa shape index (κ2) is 17.3. The Morgan fingerprint density at radius 1 is 0.653 bits per heavy atom. The predicted molar refractivity (Wildman–Crippen MR) is 176 cm³/mol. The minimum absolute atomic E-state index is 0.0692. The van der Waals surface area contributed by atoms with Gasteiger partial charge in [0.25, 0.3) is 3.79 Å². The summed E-state index contributed by atoms with van der Waals surface area (Å²) in [6.07, 6.45) is -9.02. The minimum Gasteiger partial charge on any atom is -0.459 e. The van der Waals surface area contributed by atoms with Crippen molar-refractivity contribution in [3.63, 3.8) is 0 Å². The number of alkyl halides is 3. The van der Waals surface area contributed by atoms with Gasteiger partial charge >= 0.3 is 23.9 Å². The summed E-state index contributed by atoms with van der Waals surface area (Å²) in [5.74, 6) is -4.84. The maximum absolute atomic E-state index is 13.5. The number of carbonyl (C=O) groups is 5. The zero-order valence-electron chi connectivity index (χ0n) is 25.8. The third kappa shape index (κ3) is 10.8. The van der Waals surface area contributed by atoms with Gasteiger partial charge in [-0.15, -0.1) is 0 Å². The van der Waals surface area contributed by atoms with Crippen molar-refractivity contribution >= 4 is 70.4 Å². The first kappa shape index (κ1) is 37.3. The summed E-state index contributed by atoms with van der Waals surface area (Å²) in [4.78, 5) is 64.5. The number of hydrogen-bond donors (Lipinski definition) is 1. The SMILES string of the molecule is CC(=O)CCC(=O)O[C@@H]1[C@H](OC(=O)c2ccccc2)[C@@H](OC(=O)c2ccccc2)[C@@H](OC(=N)C(Cl)(Cl)Cl)O[C@@H]1COC(=O)c1ccccc1. The zero-order chi connectivity index (χ0) is 35.6. The highest BCUT2D eigenvalue weighted by atomic mass is 35.6. The molecular formula is C34H30Cl3NO11. The minimum atomic E-state index is -2.42. The highest BCUT2D eigenvalue weighted by molar-refractivity contribution is 6.76. The van der Waals surface area contributed by atoms with Crippen LogP contribution in [0.4, 0.5) is 0 Å². The van der Waals surface area contributed by atoms with Crippen molar-refractivity contribution in [1.82, 2.24) is 0 Å². The third-order valence-corrected chi connectivity index (χ3v) is 7.44. The van der Waals surface area contributed by atoms with E-state index < -0.39 is 70.9 Å². The van der Waals surface area contributed by atoms with Crippen molar-refractivity contribution < 1.29 is 52.4 Å². The lowest BCUT2D eigenvalue weighted by molar-refractivity contribution is -0.283. The van der Waals surface area contributed by atoms with Crippen LogP contribution in [0.1, 0.15) is 50.8 Å². The van der Waals surface area contributed by atoms with Gasteiger partial charge in [0.05, 0.1) is 23.1 Å². The van der Waals surface area contributed by atoms with E-state index in [1.165, 1.54) is 43.3 Å². The molecule has 0 bridgehead atoms. The number of Topliss-reactive ketones (excluding diaryl/α,β-unsaturated/α-hetero) is 1. The maximum Gasteiger partial charge on any atom is 0.338 e. The fourth-order valence-electron chi connectivity index (χ4n) is 4.53. The van der Waals surface area contributed by atoms with Gasteiger partial charge < -0.3 is 33.2 Å². The summed E-state index contributed by atoms with van der Waals surface area (Å²) in [6, 6.07) is 23.4. The van der Waals surface area contributed by atoms with E-state index in [9.17, 15) is 24.0 Å². The van der Waals surface area contributed by atoms with Crippen molar-refractivity contribution in [2.24, 2.45) is 0 Å². The molecule has 3 aromatic rings. The Morgan fingerprint density at radius 2 is 1.12 bits per heavy atom. The van der Waals surface area contributed by atoms with Gasteiger partial charge in [0.1, 0.15) is 18.5 Å². The van der Waals surface area contributed by atoms with Crippen LogP contribution in [0, 0.1) is 5.41 Å². The topological polar surface area (TPSA) is 165 Å². The van der Waals surface area contributed by atoms with Crippen molar-refractivity contribution in [2.45, 2.75) is 54.3 Å². The molecule has 1 aliphatic heterocycles. The number of hydrogen-bond acceptors (Lipinski definition) is 12. The van der Waals surface area contributed by atoms with Crippen molar-refractivity contribution in [3.8, 4) is 0 Å². The van der Waals surface area contributed by atoms with E-state index in [4.69, 9.17) is 68.6 Å². The van der Waals surface area contributed by atoms with Gasteiger partial charge in [0.15, 0.2) is 12.2 Å². The van der Waals surface area contributed by atoms with Crippen LogP contribution in [0.2, 0.25) is 0 Å². The number of carbonyl (C=O) groups excluding carboxylic acids is 5. The van der Waals surface area contributed by atoms with Gasteiger partial charge in [-0.25, -0.2) is 14.4 Å². The molecule has 5 atom stereocenters. The molecule has 12 nitrogen and oxygen atoms in total. The molecule has 4 rings (SSSR count). The van der Waals surface area contributed by atoms with Gasteiger partial charge in [-0.3, -0.25) is 10.2 Å². The first-order chi connectivity index (χ1) is 23.3. The van der Waals surface area contributed by atoms with Gasteiger partial charge in [-0.2, -0.15) is 0 Å². The molecule has 0 spiro atoms. The zero-order valence-corrected chi connectivity index (χ0v) is 28.1. The summed E-state index contributed by atoms with van der Waals surface area (Å²) < 4.78 is 32.0. The first-order valence-corrected chi connectivity index (χ1v) is 15.9. The summed E-state index contributed by atoms with van der Waals surface area (Å²) in [7, 11) is 0. The number of halogens is 3. The number of esters is 4. The van der Waals surface area contributed by atoms with Crippen LogP contribution in [-0.2, 0) is 38.0 Å². The molecule has 258 valence electrons. The molecule has 0 aromatic heterocycles. The summed E-state index contributed by atoms with van der Waals surface area (Å²) >= 11 is 17.7. The Kier molecular flexibility index (Phi) is 13.1. The van der Waals surface area contributed by atoms with Crippen molar-refractivity contribution in [1.29, 1.82) is 5.41 Å². The second-order valence-corrected chi connectivity index (χ2v) is 12.9. The molecule has 1 fully saturated rings. The summed E-state index contributed by atoms with van der Waals surface area (Å²) in [5, 5.41) is 8.21. The van der Waals surface area contributed by atoms with Gasteiger partial charge in [0, 0.05) is 6.42 Å². The van der Waals surface area contributed by atoms with Crippen LogP contribution >= 0.6 is 34.8 Å². The molecule has 1 saturated heterocycles. The number of rotatable bonds is 12. The van der Waals surface area contributed by atoms with E-state index in [2.05, 4.69) is 0 Å². The molecule has 3 aromatic carbocycles. The third-order valence-electron chi connectivity index (χ3n) is 6.92. The Balaban J connectivity index is 1.78. The average Bonchev–Trinajstić information content (AvgIpc) is 3.09. The lowest BCUT2D eigenvalue weighted by Crippen LogP contribution is -2.63. The molecule has 1 heterocycles. The second-order valence-electron chi connectivity index (χ2n) is 10.6. The molecule has 1 aliphatic rings. The number of ketones is 1. The number of benzene rings is 3. The first-order valence-electron chi connectivity index (χ1n) is 14.7. The largest absolute Gasteiger partial charge is 0.459 e. The van der Waals surface area contributed by atoms with E-state index in [1.54, 1.807) is 54.6 Å². The standard InChI is InChI=1S/C34H30Cl3NO11/c1-20(39)17-18-25(40)46-26-24(19-44-29(41)21-11-5-2-6-12-21)45-32(49-33(38)34(35,36)37)28(48-31(43)23-15-9-4-10-16-23)27(26)47-30(42)22-13-7-3-8-14-22/h2-16,24,26-28,32,38H,17-19H2,1H3/t24-,26+,27+,28-,32-/m1/s1. The molecule has 0 aliphatic carbocycles. The lowest BCUT2D eigenvalue weighted by Gasteiger charge is -2.44. The number of ether oxygens (including phenoxy) is 6. The van der Waals surface area contributed by atoms with Crippen molar-refractivity contribution in [2.75, 3.05) is 6.61 Å². The van der Waals surface area contributed by atoms with Crippen LogP contribution in [0.25, 0.3) is 0 Å². The van der Waals surface area contributed by atoms with Crippen LogP contribution in [-0.4, -0.2) is 76.7 Å². The quantitative estimate of drug-likeness (QED) is 0.0802. The van der Waals surface area contributed by atoms with Crippen LogP contribution < -0.4 is 0 Å². The van der Waals surface area contributed by atoms with Crippen molar-refractivity contribution in [3.05, 3.63) is 108 Å². The molecule has 0 unspecified atom stereocenters. The van der Waals surface area contributed by atoms with Gasteiger partial charge in [-0.05, 0) is 43.3 Å². The summed E-state index contributed by atoms with van der Waals surface area (Å²) in [6.45, 7) is 0.659. The number of nitrogens with one attached hydrogen (secondary N) is 1. The Morgan fingerprint density at radius 3 is 1.59 bits per heavy atom. The molecule has 0 saturated carbocycles. The smallest absolute Gasteiger partial charge is 0.338 e. The van der Waals surface area contributed by atoms with E-state index in [1.807, 2.05) is 0 Å². The van der Waals surface area contributed by atoms with E-state index in [-0.39, 0.29) is 35.3 Å². The molecule has 15 heteroatoms. The highest BCUT2D eigenvalue weighted by Gasteiger charge is 2.55. The molecule has 49 heavy (non-hydrogen) atoms. The molecular weight excluding hydrogens is 705 g/mol. The van der Waals surface area contributed by atoms with Gasteiger partial charge in [0.2, 0.25) is 18.3 Å². The fourth-order valence-corrected chi connectivity index (χ4v) is 4.66. The lowest BCUT2D eigenvalue weighted by atomic mass is 9.97. The Labute approximate surface area is 295 Å². The highest BCUT2D eigenvalue weighted by Crippen LogP contribution is 2.34. The monoisotopic (exact) mass is 733 g/mol. The van der Waals surface area contributed by atoms with Gasteiger partial charge in [-0.1, -0.05) is 89.4 Å². The van der Waals surface area contributed by atoms with E-state index in [0.717, 1.165) is 0 Å². The van der Waals surface area contributed by atoms with E-state index >= 15 is 0 Å². The Hall–Kier alpha value is -4.49. The average molecular weight is 735 g/mol. The molecule has 1 N–H and O–H groups in total. The molecule has 0 amide bonds. The normalized spacial score (nSPS) is 20.3. The van der Waals surface area contributed by atoms with Crippen LogP contribution in [0.5, 0.6) is 0 Å². The summed E-state index contributed by atoms with van der Waals surface area (Å²) in [5.41, 5.74) is 0.322. The van der Waals surface area contributed by atoms with E-state index in [0.29, 0.717) is 0 Å². The predicted octanol–water partition coefficient (Wildman–Crippen LogP) is 5.66.